The van der Waals surface area contributed by atoms with Gasteiger partial charge in [0.25, 0.3) is 5.91 Å². The summed E-state index contributed by atoms with van der Waals surface area (Å²) < 4.78 is 16.6. The van der Waals surface area contributed by atoms with E-state index in [9.17, 15) is 19.2 Å². The van der Waals surface area contributed by atoms with E-state index in [1.54, 1.807) is 54.6 Å². The van der Waals surface area contributed by atoms with Gasteiger partial charge in [-0.15, -0.1) is 0 Å². The lowest BCUT2D eigenvalue weighted by Gasteiger charge is -2.30. The highest BCUT2D eigenvalue weighted by molar-refractivity contribution is 8.00. The van der Waals surface area contributed by atoms with Gasteiger partial charge in [0.05, 0.1) is 40.9 Å². The minimum Gasteiger partial charge on any atom is -0.497 e. The predicted octanol–water partition coefficient (Wildman–Crippen LogP) is 5.57. The number of nitrogens with one attached hydrogen (secondary N) is 2. The molecular weight excluding hydrogens is 649 g/mol. The molecule has 44 heavy (non-hydrogen) atoms. The van der Waals surface area contributed by atoms with Gasteiger partial charge in [0.2, 0.25) is 11.8 Å². The molecule has 3 heterocycles. The molecule has 2 aliphatic heterocycles. The van der Waals surface area contributed by atoms with Crippen LogP contribution in [-0.4, -0.2) is 48.8 Å². The van der Waals surface area contributed by atoms with Crippen LogP contribution in [0.2, 0.25) is 10.0 Å². The standard InChI is InChI=1S/C30H23Cl2N3O7S2/c1-40-17-7-5-16(6-8-17)35-28(37)24-23(25-27(34-30(39)44-25)43-26(24)29(35)38)14-3-10-20(21(11-14)41-2)42-13-22(36)33-15-4-9-18(31)19(32)12-15/h3-12,23-24,26H,13H2,1-2H3,(H,33,36)(H,34,39)/t23-,24-,26+/m0/s1. The Bertz CT molecular complexity index is 1840. The number of ether oxygens (including phenoxy) is 3. The van der Waals surface area contributed by atoms with Crippen LogP contribution in [0.4, 0.5) is 11.4 Å². The molecule has 1 aromatic heterocycles. The molecule has 2 aliphatic rings. The Hall–Kier alpha value is -3.97. The van der Waals surface area contributed by atoms with Gasteiger partial charge in [0, 0.05) is 16.5 Å². The molecule has 0 spiro atoms. The molecule has 1 saturated heterocycles. The number of nitrogens with zero attached hydrogens (tertiary/aromatic N) is 1. The zero-order chi connectivity index (χ0) is 31.1. The number of anilines is 2. The largest absolute Gasteiger partial charge is 0.497 e. The maximum atomic E-state index is 14.0. The van der Waals surface area contributed by atoms with Crippen molar-refractivity contribution in [3.63, 3.8) is 0 Å². The summed E-state index contributed by atoms with van der Waals surface area (Å²) in [5.74, 6) is -1.35. The SMILES string of the molecule is COc1ccc(N2C(=O)[C@H]3[C@H](c4ccc(OCC(=O)Nc5ccc(Cl)c(Cl)c5)c(OC)c4)c4sc(=O)[nH]c4S[C@H]3C2=O)cc1. The summed E-state index contributed by atoms with van der Waals surface area (Å²) in [6.07, 6.45) is 0. The molecule has 0 aliphatic carbocycles. The number of carbonyl (C=O) groups is 3. The smallest absolute Gasteiger partial charge is 0.305 e. The number of hydrogen-bond donors (Lipinski definition) is 2. The van der Waals surface area contributed by atoms with Gasteiger partial charge in [0.1, 0.15) is 11.0 Å². The van der Waals surface area contributed by atoms with Crippen molar-refractivity contribution in [2.24, 2.45) is 5.92 Å². The van der Waals surface area contributed by atoms with Gasteiger partial charge >= 0.3 is 4.87 Å². The van der Waals surface area contributed by atoms with Crippen LogP contribution in [0.15, 0.2) is 70.5 Å². The quantitative estimate of drug-likeness (QED) is 0.233. The summed E-state index contributed by atoms with van der Waals surface area (Å²) in [5, 5.41) is 3.16. The first-order valence-corrected chi connectivity index (χ1v) is 15.6. The van der Waals surface area contributed by atoms with Crippen LogP contribution in [0.3, 0.4) is 0 Å². The summed E-state index contributed by atoms with van der Waals surface area (Å²) in [7, 11) is 2.99. The van der Waals surface area contributed by atoms with E-state index in [0.717, 1.165) is 11.3 Å². The predicted molar refractivity (Wildman–Crippen MR) is 169 cm³/mol. The third-order valence-electron chi connectivity index (χ3n) is 7.26. The number of hydrogen-bond acceptors (Lipinski definition) is 9. The van der Waals surface area contributed by atoms with Crippen molar-refractivity contribution in [3.8, 4) is 17.2 Å². The number of H-pyrrole nitrogens is 1. The fourth-order valence-electron chi connectivity index (χ4n) is 5.27. The fourth-order valence-corrected chi connectivity index (χ4v) is 8.09. The number of imide groups is 1. The van der Waals surface area contributed by atoms with Crippen LogP contribution in [0, 0.1) is 5.92 Å². The van der Waals surface area contributed by atoms with Gasteiger partial charge in [-0.05, 0) is 60.2 Å². The Kier molecular flexibility index (Phi) is 8.34. The number of benzene rings is 3. The van der Waals surface area contributed by atoms with Crippen LogP contribution in [0.1, 0.15) is 16.4 Å². The number of aromatic nitrogens is 1. The first-order chi connectivity index (χ1) is 21.2. The van der Waals surface area contributed by atoms with Crippen molar-refractivity contribution < 1.29 is 28.6 Å². The van der Waals surface area contributed by atoms with Gasteiger partial charge in [-0.3, -0.25) is 19.2 Å². The zero-order valence-electron chi connectivity index (χ0n) is 23.1. The monoisotopic (exact) mass is 671 g/mol. The fraction of sp³-hybridized carbons (Fsp3) is 0.200. The molecule has 3 atom stereocenters. The van der Waals surface area contributed by atoms with Crippen molar-refractivity contribution in [1.29, 1.82) is 0 Å². The van der Waals surface area contributed by atoms with E-state index in [1.165, 1.54) is 36.9 Å². The number of carbonyl (C=O) groups excluding carboxylic acids is 3. The van der Waals surface area contributed by atoms with E-state index >= 15 is 0 Å². The molecule has 2 N–H and O–H groups in total. The van der Waals surface area contributed by atoms with Gasteiger partial charge in [-0.1, -0.05) is 52.4 Å². The minimum absolute atomic E-state index is 0.278. The molecule has 14 heteroatoms. The molecule has 0 saturated carbocycles. The summed E-state index contributed by atoms with van der Waals surface area (Å²) in [5.41, 5.74) is 1.55. The second-order valence-corrected chi connectivity index (χ2v) is 12.8. The van der Waals surface area contributed by atoms with E-state index in [4.69, 9.17) is 37.4 Å². The summed E-state index contributed by atoms with van der Waals surface area (Å²) in [6, 6.07) is 16.5. The van der Waals surface area contributed by atoms with Crippen LogP contribution in [0.25, 0.3) is 0 Å². The lowest BCUT2D eigenvalue weighted by molar-refractivity contribution is -0.122. The van der Waals surface area contributed by atoms with Crippen molar-refractivity contribution in [3.05, 3.63) is 90.8 Å². The number of rotatable bonds is 8. The molecule has 226 valence electrons. The first kappa shape index (κ1) is 30.1. The molecule has 4 aromatic rings. The van der Waals surface area contributed by atoms with Gasteiger partial charge < -0.3 is 24.5 Å². The zero-order valence-corrected chi connectivity index (χ0v) is 26.2. The van der Waals surface area contributed by atoms with Crippen LogP contribution >= 0.6 is 46.3 Å². The highest BCUT2D eigenvalue weighted by Crippen LogP contribution is 2.53. The van der Waals surface area contributed by atoms with Gasteiger partial charge in [0.15, 0.2) is 18.1 Å². The molecule has 10 nitrogen and oxygen atoms in total. The van der Waals surface area contributed by atoms with Crippen LogP contribution in [0.5, 0.6) is 17.2 Å². The average molecular weight is 673 g/mol. The topological polar surface area (TPSA) is 127 Å². The number of thiazole rings is 1. The number of methoxy groups -OCH3 is 2. The summed E-state index contributed by atoms with van der Waals surface area (Å²) >= 11 is 14.2. The highest BCUT2D eigenvalue weighted by atomic mass is 35.5. The van der Waals surface area contributed by atoms with E-state index in [0.29, 0.717) is 54.1 Å². The summed E-state index contributed by atoms with van der Waals surface area (Å²) in [6.45, 7) is -0.325. The Morgan fingerprint density at radius 3 is 2.41 bits per heavy atom. The number of halogens is 2. The summed E-state index contributed by atoms with van der Waals surface area (Å²) in [4.78, 5) is 57.0. The molecule has 6 rings (SSSR count). The van der Waals surface area contributed by atoms with E-state index in [-0.39, 0.29) is 23.3 Å². The molecule has 1 fully saturated rings. The van der Waals surface area contributed by atoms with Crippen molar-refractivity contribution in [2.75, 3.05) is 31.0 Å². The first-order valence-electron chi connectivity index (χ1n) is 13.2. The van der Waals surface area contributed by atoms with E-state index < -0.39 is 23.0 Å². The second-order valence-electron chi connectivity index (χ2n) is 9.84. The lowest BCUT2D eigenvalue weighted by atomic mass is 9.83. The maximum absolute atomic E-state index is 14.0. The third kappa shape index (κ3) is 5.54. The van der Waals surface area contributed by atoms with Gasteiger partial charge in [-0.2, -0.15) is 0 Å². The normalized spacial score (nSPS) is 18.9. The molecule has 3 amide bonds. The molecular formula is C30H23Cl2N3O7S2. The highest BCUT2D eigenvalue weighted by Gasteiger charge is 2.56. The Labute approximate surface area is 269 Å². The number of thioether (sulfide) groups is 1. The second kappa shape index (κ2) is 12.2. The Balaban J connectivity index is 1.28. The average Bonchev–Trinajstić information content (AvgIpc) is 3.51. The molecule has 0 bridgehead atoms. The van der Waals surface area contributed by atoms with Crippen LogP contribution < -0.4 is 29.3 Å². The molecule has 0 unspecified atom stereocenters. The number of aromatic amines is 1. The van der Waals surface area contributed by atoms with E-state index in [2.05, 4.69) is 10.3 Å². The Morgan fingerprint density at radius 1 is 0.932 bits per heavy atom. The Morgan fingerprint density at radius 2 is 1.70 bits per heavy atom. The number of fused-ring (bicyclic) bond motifs is 2. The van der Waals surface area contributed by atoms with Crippen molar-refractivity contribution in [2.45, 2.75) is 16.2 Å². The van der Waals surface area contributed by atoms with Gasteiger partial charge in [-0.25, -0.2) is 4.90 Å². The van der Waals surface area contributed by atoms with Crippen molar-refractivity contribution >= 4 is 75.4 Å². The van der Waals surface area contributed by atoms with Crippen LogP contribution in [-0.2, 0) is 14.4 Å². The minimum atomic E-state index is -0.776. The van der Waals surface area contributed by atoms with E-state index in [1.807, 2.05) is 0 Å². The molecule has 3 aromatic carbocycles. The maximum Gasteiger partial charge on any atom is 0.305 e. The lowest BCUT2D eigenvalue weighted by Crippen LogP contribution is -2.32. The number of amides is 3. The third-order valence-corrected chi connectivity index (χ3v) is 10.4. The van der Waals surface area contributed by atoms with Crippen molar-refractivity contribution in [1.82, 2.24) is 4.98 Å². The molecule has 0 radical (unpaired) electrons.